The molecule has 0 spiro atoms. The van der Waals surface area contributed by atoms with Crippen molar-refractivity contribution >= 4 is 28.2 Å². The minimum atomic E-state index is -0.253. The fourth-order valence-electron chi connectivity index (χ4n) is 1.32. The second kappa shape index (κ2) is 4.25. The first-order chi connectivity index (χ1) is 6.02. The molecule has 0 saturated carbocycles. The highest BCUT2D eigenvalue weighted by atomic mass is 35.5. The molecule has 3 heteroatoms. The molecule has 1 atom stereocenters. The molecule has 0 radical (unpaired) electrons. The lowest BCUT2D eigenvalue weighted by molar-refractivity contribution is -0.113. The van der Waals surface area contributed by atoms with Gasteiger partial charge >= 0.3 is 0 Å². The minimum absolute atomic E-state index is 0.139. The highest BCUT2D eigenvalue weighted by Crippen LogP contribution is 2.31. The van der Waals surface area contributed by atoms with E-state index in [2.05, 4.69) is 0 Å². The Morgan fingerprint density at radius 3 is 2.46 bits per heavy atom. The second-order valence-electron chi connectivity index (χ2n) is 3.55. The van der Waals surface area contributed by atoms with Crippen LogP contribution in [0.25, 0.3) is 0 Å². The number of carbonyl (C=O) groups is 1. The third-order valence-corrected chi connectivity index (χ3v) is 3.34. The Kier molecular flexibility index (Phi) is 3.51. The van der Waals surface area contributed by atoms with Gasteiger partial charge in [0.2, 0.25) is 5.24 Å². The van der Waals surface area contributed by atoms with Crippen LogP contribution in [0.3, 0.4) is 0 Å². The van der Waals surface area contributed by atoms with E-state index < -0.39 is 0 Å². The third-order valence-electron chi connectivity index (χ3n) is 1.97. The highest BCUT2D eigenvalue weighted by Gasteiger charge is 2.23. The number of halogens is 1. The zero-order valence-corrected chi connectivity index (χ0v) is 9.58. The van der Waals surface area contributed by atoms with Gasteiger partial charge in [0.05, 0.1) is 5.92 Å². The first kappa shape index (κ1) is 10.7. The van der Waals surface area contributed by atoms with Gasteiger partial charge in [0.1, 0.15) is 0 Å². The Bertz CT molecular complexity index is 304. The van der Waals surface area contributed by atoms with Gasteiger partial charge in [0, 0.05) is 4.88 Å². The Morgan fingerprint density at radius 1 is 1.54 bits per heavy atom. The average molecular weight is 217 g/mol. The minimum Gasteiger partial charge on any atom is -0.281 e. The van der Waals surface area contributed by atoms with Crippen LogP contribution in [0.15, 0.2) is 11.4 Å². The monoisotopic (exact) mass is 216 g/mol. The number of rotatable bonds is 3. The van der Waals surface area contributed by atoms with Gasteiger partial charge in [-0.2, -0.15) is 0 Å². The molecule has 0 aromatic carbocycles. The maximum atomic E-state index is 11.2. The lowest BCUT2D eigenvalue weighted by Gasteiger charge is -2.13. The van der Waals surface area contributed by atoms with Crippen molar-refractivity contribution in [3.63, 3.8) is 0 Å². The smallest absolute Gasteiger partial charge is 0.230 e. The van der Waals surface area contributed by atoms with Crippen LogP contribution >= 0.6 is 22.9 Å². The number of aryl methyl sites for hydroxylation is 1. The second-order valence-corrected chi connectivity index (χ2v) is 4.87. The predicted molar refractivity (Wildman–Crippen MR) is 57.5 cm³/mol. The molecule has 1 aromatic heterocycles. The van der Waals surface area contributed by atoms with E-state index in [1.54, 1.807) is 11.3 Å². The molecule has 1 unspecified atom stereocenters. The molecule has 0 fully saturated rings. The van der Waals surface area contributed by atoms with Crippen LogP contribution in [0.2, 0.25) is 0 Å². The molecular formula is C10H13ClOS. The summed E-state index contributed by atoms with van der Waals surface area (Å²) in [6, 6.07) is 2.04. The van der Waals surface area contributed by atoms with E-state index in [4.69, 9.17) is 11.6 Å². The van der Waals surface area contributed by atoms with Gasteiger partial charge in [0.25, 0.3) is 0 Å². The molecule has 1 rings (SSSR count). The van der Waals surface area contributed by atoms with Crippen LogP contribution in [-0.4, -0.2) is 5.24 Å². The van der Waals surface area contributed by atoms with Crippen LogP contribution in [0, 0.1) is 12.8 Å². The van der Waals surface area contributed by atoms with Gasteiger partial charge in [-0.25, -0.2) is 0 Å². The lowest BCUT2D eigenvalue weighted by Crippen LogP contribution is -2.11. The van der Waals surface area contributed by atoms with E-state index in [0.717, 1.165) is 4.88 Å². The van der Waals surface area contributed by atoms with E-state index in [-0.39, 0.29) is 17.1 Å². The van der Waals surface area contributed by atoms with E-state index in [1.165, 1.54) is 5.56 Å². The Morgan fingerprint density at radius 2 is 2.15 bits per heavy atom. The highest BCUT2D eigenvalue weighted by molar-refractivity contribution is 7.10. The molecule has 0 N–H and O–H groups in total. The zero-order valence-electron chi connectivity index (χ0n) is 8.00. The number of hydrogen-bond acceptors (Lipinski definition) is 2. The van der Waals surface area contributed by atoms with Gasteiger partial charge in [-0.1, -0.05) is 13.8 Å². The topological polar surface area (TPSA) is 17.1 Å². The molecule has 0 aliphatic rings. The fraction of sp³-hybridized carbons (Fsp3) is 0.500. The summed E-state index contributed by atoms with van der Waals surface area (Å²) in [5.74, 6) is 0.128. The van der Waals surface area contributed by atoms with Crippen LogP contribution < -0.4 is 0 Å². The number of hydrogen-bond donors (Lipinski definition) is 0. The Hall–Kier alpha value is -0.340. The SMILES string of the molecule is Cc1csc(C(C(=O)Cl)C(C)C)c1. The lowest BCUT2D eigenvalue weighted by atomic mass is 9.95. The molecule has 13 heavy (non-hydrogen) atoms. The molecule has 1 nitrogen and oxygen atoms in total. The summed E-state index contributed by atoms with van der Waals surface area (Å²) in [6.45, 7) is 6.05. The summed E-state index contributed by atoms with van der Waals surface area (Å²) in [5, 5.41) is 1.79. The largest absolute Gasteiger partial charge is 0.281 e. The quantitative estimate of drug-likeness (QED) is 0.707. The van der Waals surface area contributed by atoms with E-state index in [0.29, 0.717) is 0 Å². The third kappa shape index (κ3) is 2.55. The first-order valence-corrected chi connectivity index (χ1v) is 5.52. The number of carbonyl (C=O) groups excluding carboxylic acids is 1. The summed E-state index contributed by atoms with van der Waals surface area (Å²) in [6.07, 6.45) is 0. The normalized spacial score (nSPS) is 13.3. The summed E-state index contributed by atoms with van der Waals surface area (Å²) >= 11 is 7.16. The van der Waals surface area contributed by atoms with Gasteiger partial charge in [-0.15, -0.1) is 11.3 Å². The number of thiophene rings is 1. The van der Waals surface area contributed by atoms with E-state index in [9.17, 15) is 4.79 Å². The molecule has 0 aliphatic carbocycles. The van der Waals surface area contributed by atoms with Crippen molar-refractivity contribution in [3.8, 4) is 0 Å². The maximum absolute atomic E-state index is 11.2. The molecule has 72 valence electrons. The van der Waals surface area contributed by atoms with Gasteiger partial charge < -0.3 is 0 Å². The molecule has 1 aromatic rings. The zero-order chi connectivity index (χ0) is 10.0. The van der Waals surface area contributed by atoms with Crippen molar-refractivity contribution in [3.05, 3.63) is 21.9 Å². The summed E-state index contributed by atoms with van der Waals surface area (Å²) in [5.41, 5.74) is 1.20. The standard InChI is InChI=1S/C10H13ClOS/c1-6(2)9(10(11)12)8-4-7(3)5-13-8/h4-6,9H,1-3H3. The van der Waals surface area contributed by atoms with Gasteiger partial charge in [0.15, 0.2) is 0 Å². The van der Waals surface area contributed by atoms with Crippen molar-refractivity contribution in [2.45, 2.75) is 26.7 Å². The van der Waals surface area contributed by atoms with E-state index in [1.807, 2.05) is 32.2 Å². The van der Waals surface area contributed by atoms with Gasteiger partial charge in [-0.05, 0) is 41.5 Å². The molecule has 0 saturated heterocycles. The average Bonchev–Trinajstić information content (AvgIpc) is 2.34. The summed E-state index contributed by atoms with van der Waals surface area (Å²) in [4.78, 5) is 12.2. The molecule has 1 heterocycles. The van der Waals surface area contributed by atoms with Crippen molar-refractivity contribution in [2.75, 3.05) is 0 Å². The molecule has 0 bridgehead atoms. The predicted octanol–water partition coefficient (Wildman–Crippen LogP) is 3.56. The fourth-order valence-corrected chi connectivity index (χ4v) is 2.92. The van der Waals surface area contributed by atoms with Crippen LogP contribution in [0.1, 0.15) is 30.2 Å². The summed E-state index contributed by atoms with van der Waals surface area (Å²) < 4.78 is 0. The Labute approximate surface area is 87.7 Å². The van der Waals surface area contributed by atoms with Crippen LogP contribution in [0.4, 0.5) is 0 Å². The first-order valence-electron chi connectivity index (χ1n) is 4.26. The van der Waals surface area contributed by atoms with Crippen LogP contribution in [-0.2, 0) is 4.79 Å². The molecular weight excluding hydrogens is 204 g/mol. The maximum Gasteiger partial charge on any atom is 0.230 e. The van der Waals surface area contributed by atoms with Crippen molar-refractivity contribution in [1.82, 2.24) is 0 Å². The van der Waals surface area contributed by atoms with Gasteiger partial charge in [-0.3, -0.25) is 4.79 Å². The van der Waals surface area contributed by atoms with Crippen molar-refractivity contribution in [2.24, 2.45) is 5.92 Å². The van der Waals surface area contributed by atoms with Crippen LogP contribution in [0.5, 0.6) is 0 Å². The molecule has 0 amide bonds. The molecule has 0 aliphatic heterocycles. The van der Waals surface area contributed by atoms with E-state index >= 15 is 0 Å². The van der Waals surface area contributed by atoms with Crippen molar-refractivity contribution in [1.29, 1.82) is 0 Å². The van der Waals surface area contributed by atoms with Crippen molar-refractivity contribution < 1.29 is 4.79 Å². The Balaban J connectivity index is 2.95. The summed E-state index contributed by atoms with van der Waals surface area (Å²) in [7, 11) is 0.